The number of carbonyl (C=O) groups is 2. The molecule has 2 saturated carbocycles. The van der Waals surface area contributed by atoms with E-state index in [2.05, 4.69) is 17.6 Å². The average molecular weight is 210 g/mol. The van der Waals surface area contributed by atoms with E-state index >= 15 is 0 Å². The van der Waals surface area contributed by atoms with Gasteiger partial charge in [-0.1, -0.05) is 6.92 Å². The summed E-state index contributed by atoms with van der Waals surface area (Å²) in [5, 5.41) is 5.65. The predicted octanol–water partition coefficient (Wildman–Crippen LogP) is 0.285. The van der Waals surface area contributed by atoms with Gasteiger partial charge in [0.15, 0.2) is 0 Å². The summed E-state index contributed by atoms with van der Waals surface area (Å²) in [6, 6.07) is 0. The molecule has 0 saturated heterocycles. The lowest BCUT2D eigenvalue weighted by atomic mass is 10.3. The van der Waals surface area contributed by atoms with Gasteiger partial charge in [-0.15, -0.1) is 0 Å². The van der Waals surface area contributed by atoms with Crippen molar-refractivity contribution in [1.29, 1.82) is 0 Å². The minimum Gasteiger partial charge on any atom is -0.354 e. The van der Waals surface area contributed by atoms with Gasteiger partial charge in [-0.25, -0.2) is 0 Å². The fourth-order valence-electron chi connectivity index (χ4n) is 1.68. The second-order valence-electron chi connectivity index (χ2n) is 4.68. The quantitative estimate of drug-likeness (QED) is 0.641. The summed E-state index contributed by atoms with van der Waals surface area (Å²) in [5.74, 6) is 1.31. The van der Waals surface area contributed by atoms with E-state index < -0.39 is 0 Å². The molecule has 0 heterocycles. The van der Waals surface area contributed by atoms with Gasteiger partial charge in [-0.3, -0.25) is 9.59 Å². The summed E-state index contributed by atoms with van der Waals surface area (Å²) in [4.78, 5) is 22.6. The zero-order valence-corrected chi connectivity index (χ0v) is 9.08. The minimum absolute atomic E-state index is 0.142. The van der Waals surface area contributed by atoms with Crippen molar-refractivity contribution in [3.8, 4) is 0 Å². The summed E-state index contributed by atoms with van der Waals surface area (Å²) in [6.07, 6.45) is 3.07. The van der Waals surface area contributed by atoms with Crippen LogP contribution in [0.2, 0.25) is 0 Å². The van der Waals surface area contributed by atoms with Gasteiger partial charge in [0.2, 0.25) is 11.8 Å². The number of rotatable bonds is 5. The molecule has 0 aromatic heterocycles. The van der Waals surface area contributed by atoms with E-state index in [4.69, 9.17) is 0 Å². The molecule has 2 atom stereocenters. The van der Waals surface area contributed by atoms with Crippen molar-refractivity contribution in [3.05, 3.63) is 0 Å². The predicted molar refractivity (Wildman–Crippen MR) is 56.0 cm³/mol. The first-order valence-corrected chi connectivity index (χ1v) is 5.74. The van der Waals surface area contributed by atoms with E-state index in [1.807, 2.05) is 0 Å². The molecular formula is C11H18N2O2. The van der Waals surface area contributed by atoms with Crippen LogP contribution in [0.3, 0.4) is 0 Å². The Morgan fingerprint density at radius 2 is 1.67 bits per heavy atom. The van der Waals surface area contributed by atoms with E-state index in [-0.39, 0.29) is 23.7 Å². The summed E-state index contributed by atoms with van der Waals surface area (Å²) in [6.45, 7) is 3.20. The topological polar surface area (TPSA) is 58.2 Å². The largest absolute Gasteiger partial charge is 0.354 e. The molecule has 0 bridgehead atoms. The van der Waals surface area contributed by atoms with Crippen LogP contribution in [0, 0.1) is 17.8 Å². The molecule has 2 rings (SSSR count). The van der Waals surface area contributed by atoms with Crippen molar-refractivity contribution in [1.82, 2.24) is 10.6 Å². The number of amides is 2. The first-order chi connectivity index (χ1) is 7.18. The van der Waals surface area contributed by atoms with Crippen molar-refractivity contribution in [2.75, 3.05) is 13.1 Å². The van der Waals surface area contributed by atoms with Crippen LogP contribution in [0.15, 0.2) is 0 Å². The Labute approximate surface area is 89.8 Å². The Morgan fingerprint density at radius 1 is 1.13 bits per heavy atom. The zero-order chi connectivity index (χ0) is 10.8. The van der Waals surface area contributed by atoms with Gasteiger partial charge in [-0.2, -0.15) is 0 Å². The molecule has 2 unspecified atom stereocenters. The third-order valence-electron chi connectivity index (χ3n) is 3.12. The van der Waals surface area contributed by atoms with Gasteiger partial charge in [-0.05, 0) is 25.2 Å². The lowest BCUT2D eigenvalue weighted by Gasteiger charge is -2.05. The number of nitrogens with one attached hydrogen (secondary N) is 2. The molecule has 0 aromatic carbocycles. The van der Waals surface area contributed by atoms with Gasteiger partial charge in [0.25, 0.3) is 0 Å². The summed E-state index contributed by atoms with van der Waals surface area (Å²) in [7, 11) is 0. The number of hydrogen-bond acceptors (Lipinski definition) is 2. The maximum atomic E-state index is 11.4. The highest BCUT2D eigenvalue weighted by Gasteiger charge is 2.38. The second kappa shape index (κ2) is 4.21. The Hall–Kier alpha value is -1.06. The molecular weight excluding hydrogens is 192 g/mol. The number of carbonyl (C=O) groups excluding carboxylic acids is 2. The highest BCUT2D eigenvalue weighted by Crippen LogP contribution is 2.37. The van der Waals surface area contributed by atoms with Crippen LogP contribution in [0.4, 0.5) is 0 Å². The van der Waals surface area contributed by atoms with E-state index in [9.17, 15) is 9.59 Å². The smallest absolute Gasteiger partial charge is 0.223 e. The zero-order valence-electron chi connectivity index (χ0n) is 9.08. The van der Waals surface area contributed by atoms with Crippen LogP contribution in [0.25, 0.3) is 0 Å². The Kier molecular flexibility index (Phi) is 2.93. The fraction of sp³-hybridized carbons (Fsp3) is 0.818. The highest BCUT2D eigenvalue weighted by molar-refractivity contribution is 5.82. The van der Waals surface area contributed by atoms with Crippen molar-refractivity contribution >= 4 is 11.8 Å². The molecule has 2 aliphatic rings. The molecule has 0 radical (unpaired) electrons. The lowest BCUT2D eigenvalue weighted by molar-refractivity contribution is -0.124. The Morgan fingerprint density at radius 3 is 2.13 bits per heavy atom. The fourth-order valence-corrected chi connectivity index (χ4v) is 1.68. The SMILES string of the molecule is CC1CC1C(=O)NCCNC(=O)C1CC1. The molecule has 2 fully saturated rings. The maximum Gasteiger partial charge on any atom is 0.223 e. The van der Waals surface area contributed by atoms with Gasteiger partial charge < -0.3 is 10.6 Å². The average Bonchev–Trinajstić information content (AvgIpc) is 3.04. The van der Waals surface area contributed by atoms with Crippen LogP contribution >= 0.6 is 0 Å². The van der Waals surface area contributed by atoms with Crippen molar-refractivity contribution in [2.24, 2.45) is 17.8 Å². The van der Waals surface area contributed by atoms with E-state index in [1.165, 1.54) is 0 Å². The minimum atomic E-state index is 0.142. The van der Waals surface area contributed by atoms with E-state index in [0.29, 0.717) is 19.0 Å². The van der Waals surface area contributed by atoms with Crippen LogP contribution < -0.4 is 10.6 Å². The molecule has 2 amide bonds. The van der Waals surface area contributed by atoms with E-state index in [0.717, 1.165) is 19.3 Å². The summed E-state index contributed by atoms with van der Waals surface area (Å²) < 4.78 is 0. The van der Waals surface area contributed by atoms with Crippen LogP contribution in [0.1, 0.15) is 26.2 Å². The molecule has 0 spiro atoms. The molecule has 0 aromatic rings. The Balaban J connectivity index is 1.51. The summed E-state index contributed by atoms with van der Waals surface area (Å²) >= 11 is 0. The first-order valence-electron chi connectivity index (χ1n) is 5.74. The maximum absolute atomic E-state index is 11.4. The van der Waals surface area contributed by atoms with Gasteiger partial charge in [0.1, 0.15) is 0 Å². The van der Waals surface area contributed by atoms with Crippen molar-refractivity contribution in [2.45, 2.75) is 26.2 Å². The van der Waals surface area contributed by atoms with Gasteiger partial charge in [0, 0.05) is 24.9 Å². The van der Waals surface area contributed by atoms with Crippen molar-refractivity contribution in [3.63, 3.8) is 0 Å². The van der Waals surface area contributed by atoms with Crippen LogP contribution in [0.5, 0.6) is 0 Å². The monoisotopic (exact) mass is 210 g/mol. The molecule has 84 valence electrons. The molecule has 2 N–H and O–H groups in total. The molecule has 4 heteroatoms. The first kappa shape index (κ1) is 10.5. The van der Waals surface area contributed by atoms with Crippen molar-refractivity contribution < 1.29 is 9.59 Å². The highest BCUT2D eigenvalue weighted by atomic mass is 16.2. The van der Waals surface area contributed by atoms with Gasteiger partial charge in [0.05, 0.1) is 0 Å². The third-order valence-corrected chi connectivity index (χ3v) is 3.12. The standard InChI is InChI=1S/C11H18N2O2/c1-7-6-9(7)11(15)13-5-4-12-10(14)8-2-3-8/h7-9H,2-6H2,1H3,(H,12,14)(H,13,15). The third kappa shape index (κ3) is 2.94. The normalized spacial score (nSPS) is 28.3. The lowest BCUT2D eigenvalue weighted by Crippen LogP contribution is -2.36. The molecule has 4 nitrogen and oxygen atoms in total. The van der Waals surface area contributed by atoms with Crippen LogP contribution in [-0.4, -0.2) is 24.9 Å². The molecule has 15 heavy (non-hydrogen) atoms. The number of hydrogen-bond donors (Lipinski definition) is 2. The van der Waals surface area contributed by atoms with E-state index in [1.54, 1.807) is 0 Å². The van der Waals surface area contributed by atoms with Gasteiger partial charge >= 0.3 is 0 Å². The molecule has 2 aliphatic carbocycles. The summed E-state index contributed by atoms with van der Waals surface area (Å²) in [5.41, 5.74) is 0. The Bertz CT molecular complexity index is 274. The molecule has 0 aliphatic heterocycles. The van der Waals surface area contributed by atoms with Crippen LogP contribution in [-0.2, 0) is 9.59 Å². The second-order valence-corrected chi connectivity index (χ2v) is 4.68.